The van der Waals surface area contributed by atoms with Gasteiger partial charge in [-0.15, -0.1) is 0 Å². The third-order valence-corrected chi connectivity index (χ3v) is 3.05. The van der Waals surface area contributed by atoms with Crippen molar-refractivity contribution in [3.8, 4) is 5.88 Å². The van der Waals surface area contributed by atoms with Crippen LogP contribution < -0.4 is 15.8 Å². The first-order valence-corrected chi connectivity index (χ1v) is 6.44. The van der Waals surface area contributed by atoms with Crippen molar-refractivity contribution < 1.29 is 9.66 Å². The second-order valence-corrected chi connectivity index (χ2v) is 4.64. The Labute approximate surface area is 126 Å². The molecule has 2 rings (SSSR count). The summed E-state index contributed by atoms with van der Waals surface area (Å²) in [5.74, 6) is 0.526. The van der Waals surface area contributed by atoms with Gasteiger partial charge in [0.05, 0.1) is 12.0 Å². The number of nitrogens with one attached hydrogen (secondary N) is 1. The zero-order valence-corrected chi connectivity index (χ0v) is 12.5. The maximum atomic E-state index is 10.7. The molecule has 0 radical (unpaired) electrons. The number of rotatable bonds is 5. The van der Waals surface area contributed by atoms with Gasteiger partial charge in [0.1, 0.15) is 6.20 Å². The minimum Gasteiger partial charge on any atom is -0.481 e. The molecule has 0 atom stereocenters. The molecule has 9 heteroatoms. The zero-order chi connectivity index (χ0) is 16.3. The van der Waals surface area contributed by atoms with Crippen molar-refractivity contribution in [3.63, 3.8) is 0 Å². The highest BCUT2D eigenvalue weighted by molar-refractivity contribution is 5.53. The molecule has 0 unspecified atom stereocenters. The Morgan fingerprint density at radius 1 is 1.41 bits per heavy atom. The van der Waals surface area contributed by atoms with Crippen molar-refractivity contribution in [1.29, 1.82) is 0 Å². The van der Waals surface area contributed by atoms with Crippen LogP contribution in [0.1, 0.15) is 16.8 Å². The number of pyridine rings is 1. The van der Waals surface area contributed by atoms with Gasteiger partial charge in [0, 0.05) is 17.8 Å². The Morgan fingerprint density at radius 3 is 2.73 bits per heavy atom. The zero-order valence-electron chi connectivity index (χ0n) is 12.5. The number of aryl methyl sites for hydroxylation is 2. The number of aromatic nitrogens is 3. The van der Waals surface area contributed by atoms with Gasteiger partial charge in [-0.3, -0.25) is 10.1 Å². The molecule has 0 saturated heterocycles. The number of nitro groups is 1. The van der Waals surface area contributed by atoms with Crippen LogP contribution in [0.25, 0.3) is 0 Å². The van der Waals surface area contributed by atoms with E-state index in [9.17, 15) is 10.1 Å². The summed E-state index contributed by atoms with van der Waals surface area (Å²) in [6.45, 7) is 4.19. The SMILES string of the molecule is COc1nc(C)cc(C)c1CNc1ncc([N+](=O)[O-])c(N)n1. The molecular formula is C13H16N6O3. The minimum absolute atomic E-state index is 0.187. The first kappa shape index (κ1) is 15.4. The van der Waals surface area contributed by atoms with Crippen LogP contribution in [0.4, 0.5) is 17.5 Å². The molecular weight excluding hydrogens is 288 g/mol. The largest absolute Gasteiger partial charge is 0.481 e. The number of hydrogen-bond donors (Lipinski definition) is 2. The van der Waals surface area contributed by atoms with Gasteiger partial charge in [-0.2, -0.15) is 4.98 Å². The molecule has 0 aliphatic heterocycles. The van der Waals surface area contributed by atoms with Crippen LogP contribution in [0, 0.1) is 24.0 Å². The first-order valence-electron chi connectivity index (χ1n) is 6.44. The summed E-state index contributed by atoms with van der Waals surface area (Å²) < 4.78 is 5.26. The van der Waals surface area contributed by atoms with E-state index in [1.807, 2.05) is 19.9 Å². The van der Waals surface area contributed by atoms with Gasteiger partial charge in [0.2, 0.25) is 17.6 Å². The highest BCUT2D eigenvalue weighted by atomic mass is 16.6. The Hall–Kier alpha value is -2.97. The van der Waals surface area contributed by atoms with Gasteiger partial charge >= 0.3 is 5.69 Å². The topological polar surface area (TPSA) is 129 Å². The van der Waals surface area contributed by atoms with Gasteiger partial charge in [-0.25, -0.2) is 9.97 Å². The van der Waals surface area contributed by atoms with E-state index in [2.05, 4.69) is 20.3 Å². The average molecular weight is 304 g/mol. The van der Waals surface area contributed by atoms with E-state index in [4.69, 9.17) is 10.5 Å². The highest BCUT2D eigenvalue weighted by Crippen LogP contribution is 2.22. The molecule has 2 heterocycles. The van der Waals surface area contributed by atoms with Gasteiger partial charge in [-0.05, 0) is 25.5 Å². The summed E-state index contributed by atoms with van der Waals surface area (Å²) in [6.07, 6.45) is 1.07. The van der Waals surface area contributed by atoms with Gasteiger partial charge < -0.3 is 15.8 Å². The highest BCUT2D eigenvalue weighted by Gasteiger charge is 2.15. The molecule has 0 aliphatic rings. The van der Waals surface area contributed by atoms with E-state index >= 15 is 0 Å². The monoisotopic (exact) mass is 304 g/mol. The number of nitrogen functional groups attached to an aromatic ring is 1. The van der Waals surface area contributed by atoms with Gasteiger partial charge in [0.15, 0.2) is 0 Å². The summed E-state index contributed by atoms with van der Waals surface area (Å²) >= 11 is 0. The van der Waals surface area contributed by atoms with E-state index in [1.165, 1.54) is 0 Å². The molecule has 0 aromatic carbocycles. The fourth-order valence-corrected chi connectivity index (χ4v) is 1.99. The predicted molar refractivity (Wildman–Crippen MR) is 80.7 cm³/mol. The van der Waals surface area contributed by atoms with E-state index in [-0.39, 0.29) is 17.5 Å². The third-order valence-electron chi connectivity index (χ3n) is 3.05. The number of hydrogen-bond acceptors (Lipinski definition) is 8. The van der Waals surface area contributed by atoms with Gasteiger partial charge in [-0.1, -0.05) is 0 Å². The molecule has 0 fully saturated rings. The maximum absolute atomic E-state index is 10.7. The molecule has 3 N–H and O–H groups in total. The number of nitrogens with two attached hydrogens (primary N) is 1. The Balaban J connectivity index is 2.20. The lowest BCUT2D eigenvalue weighted by atomic mass is 10.1. The molecule has 116 valence electrons. The second kappa shape index (κ2) is 6.20. The average Bonchev–Trinajstić information content (AvgIpc) is 2.45. The molecule has 0 aliphatic carbocycles. The fraction of sp³-hybridized carbons (Fsp3) is 0.308. The molecule has 0 bridgehead atoms. The van der Waals surface area contributed by atoms with Crippen molar-refractivity contribution in [2.24, 2.45) is 0 Å². The van der Waals surface area contributed by atoms with Crippen LogP contribution in [0.15, 0.2) is 12.3 Å². The summed E-state index contributed by atoms with van der Waals surface area (Å²) in [7, 11) is 1.55. The standard InChI is InChI=1S/C13H16N6O3/c1-7-4-8(2)17-12(22-3)9(7)5-15-13-16-6-10(19(20)21)11(14)18-13/h4,6H,5H2,1-3H3,(H3,14,15,16,18). The number of ether oxygens (including phenoxy) is 1. The van der Waals surface area contributed by atoms with Crippen molar-refractivity contribution in [3.05, 3.63) is 39.2 Å². The first-order chi connectivity index (χ1) is 10.4. The Bertz CT molecular complexity index is 719. The molecule has 0 spiro atoms. The third kappa shape index (κ3) is 3.19. The number of methoxy groups -OCH3 is 1. The smallest absolute Gasteiger partial charge is 0.329 e. The summed E-state index contributed by atoms with van der Waals surface area (Å²) in [5, 5.41) is 13.6. The maximum Gasteiger partial charge on any atom is 0.329 e. The van der Waals surface area contributed by atoms with Crippen LogP contribution in [0.3, 0.4) is 0 Å². The summed E-state index contributed by atoms with van der Waals surface area (Å²) in [6, 6.07) is 1.94. The van der Waals surface area contributed by atoms with Crippen molar-refractivity contribution in [2.75, 3.05) is 18.2 Å². The van der Waals surface area contributed by atoms with Crippen LogP contribution >= 0.6 is 0 Å². The van der Waals surface area contributed by atoms with Crippen LogP contribution in [-0.2, 0) is 6.54 Å². The molecule has 9 nitrogen and oxygen atoms in total. The fourth-order valence-electron chi connectivity index (χ4n) is 1.99. The van der Waals surface area contributed by atoms with Crippen LogP contribution in [0.5, 0.6) is 5.88 Å². The van der Waals surface area contributed by atoms with E-state index in [0.717, 1.165) is 23.0 Å². The van der Waals surface area contributed by atoms with Crippen molar-refractivity contribution >= 4 is 17.5 Å². The van der Waals surface area contributed by atoms with Gasteiger partial charge in [0.25, 0.3) is 0 Å². The Kier molecular flexibility index (Phi) is 4.35. The van der Waals surface area contributed by atoms with E-state index < -0.39 is 4.92 Å². The van der Waals surface area contributed by atoms with Crippen molar-refractivity contribution in [1.82, 2.24) is 15.0 Å². The normalized spacial score (nSPS) is 10.3. The molecule has 0 saturated carbocycles. The lowest BCUT2D eigenvalue weighted by Crippen LogP contribution is -2.09. The minimum atomic E-state index is -0.629. The van der Waals surface area contributed by atoms with Crippen molar-refractivity contribution in [2.45, 2.75) is 20.4 Å². The van der Waals surface area contributed by atoms with E-state index in [1.54, 1.807) is 7.11 Å². The molecule has 0 amide bonds. The van der Waals surface area contributed by atoms with Crippen LogP contribution in [-0.4, -0.2) is 27.0 Å². The molecule has 22 heavy (non-hydrogen) atoms. The van der Waals surface area contributed by atoms with Crippen LogP contribution in [0.2, 0.25) is 0 Å². The number of nitrogens with zero attached hydrogens (tertiary/aromatic N) is 4. The molecule has 2 aromatic rings. The molecule has 2 aromatic heterocycles. The lowest BCUT2D eigenvalue weighted by molar-refractivity contribution is -0.384. The Morgan fingerprint density at radius 2 is 2.14 bits per heavy atom. The number of anilines is 2. The quantitative estimate of drug-likeness (QED) is 0.629. The summed E-state index contributed by atoms with van der Waals surface area (Å²) in [5.41, 5.74) is 7.92. The van der Waals surface area contributed by atoms with E-state index in [0.29, 0.717) is 12.4 Å². The summed E-state index contributed by atoms with van der Waals surface area (Å²) in [4.78, 5) is 22.1. The lowest BCUT2D eigenvalue weighted by Gasteiger charge is -2.12. The predicted octanol–water partition coefficient (Wildman–Crippen LogP) is 1.60. The second-order valence-electron chi connectivity index (χ2n) is 4.64.